The summed E-state index contributed by atoms with van der Waals surface area (Å²) in [5.41, 5.74) is 6.94. The summed E-state index contributed by atoms with van der Waals surface area (Å²) >= 11 is 0. The Labute approximate surface area is 99.0 Å². The van der Waals surface area contributed by atoms with E-state index in [0.717, 1.165) is 12.8 Å². The van der Waals surface area contributed by atoms with Gasteiger partial charge in [0.15, 0.2) is 0 Å². The molecule has 1 aromatic heterocycles. The Morgan fingerprint density at radius 1 is 1.31 bits per heavy atom. The van der Waals surface area contributed by atoms with Crippen LogP contribution < -0.4 is 10.5 Å². The van der Waals surface area contributed by atoms with E-state index in [-0.39, 0.29) is 6.04 Å². The van der Waals surface area contributed by atoms with Crippen LogP contribution in [0.5, 0.6) is 5.88 Å². The Bertz CT molecular complexity index is 259. The molecule has 0 bridgehead atoms. The number of hydrogen-bond donors (Lipinski definition) is 1. The first-order valence-corrected chi connectivity index (χ1v) is 6.09. The second kappa shape index (κ2) is 9.16. The van der Waals surface area contributed by atoms with Gasteiger partial charge >= 0.3 is 0 Å². The van der Waals surface area contributed by atoms with Gasteiger partial charge in [-0.05, 0) is 18.4 Å². The van der Waals surface area contributed by atoms with Gasteiger partial charge in [0.25, 0.3) is 0 Å². The molecule has 0 saturated carbocycles. The van der Waals surface area contributed by atoms with E-state index in [1.54, 1.807) is 0 Å². The molecule has 0 spiro atoms. The molecule has 0 aliphatic carbocycles. The molecule has 0 aliphatic rings. The quantitative estimate of drug-likeness (QED) is 0.836. The van der Waals surface area contributed by atoms with Crippen molar-refractivity contribution in [2.24, 2.45) is 5.73 Å². The summed E-state index contributed by atoms with van der Waals surface area (Å²) in [5, 5.41) is 0. The molecule has 0 fully saturated rings. The van der Waals surface area contributed by atoms with Gasteiger partial charge in [-0.25, -0.2) is 4.98 Å². The van der Waals surface area contributed by atoms with Gasteiger partial charge in [0.05, 0.1) is 0 Å². The van der Waals surface area contributed by atoms with Gasteiger partial charge in [-0.1, -0.05) is 33.8 Å². The predicted octanol–water partition coefficient (Wildman–Crippen LogP) is 2.79. The van der Waals surface area contributed by atoms with Gasteiger partial charge in [0, 0.05) is 18.3 Å². The molecule has 0 radical (unpaired) electrons. The van der Waals surface area contributed by atoms with Crippen LogP contribution in [0, 0.1) is 0 Å². The normalized spacial score (nSPS) is 11.3. The maximum atomic E-state index is 5.72. The zero-order valence-corrected chi connectivity index (χ0v) is 10.9. The predicted molar refractivity (Wildman–Crippen MR) is 68.7 cm³/mol. The van der Waals surface area contributed by atoms with E-state index in [4.69, 9.17) is 10.5 Å². The summed E-state index contributed by atoms with van der Waals surface area (Å²) in [5.74, 6) is 0.658. The highest BCUT2D eigenvalue weighted by Gasteiger charge is 2.00. The average molecular weight is 224 g/mol. The van der Waals surface area contributed by atoms with E-state index < -0.39 is 0 Å². The molecule has 1 aromatic rings. The molecule has 1 rings (SSSR count). The van der Waals surface area contributed by atoms with Crippen molar-refractivity contribution < 1.29 is 4.74 Å². The molecule has 0 amide bonds. The number of rotatable bonds is 5. The second-order valence-electron chi connectivity index (χ2n) is 3.34. The van der Waals surface area contributed by atoms with Crippen LogP contribution in [-0.2, 0) is 6.42 Å². The van der Waals surface area contributed by atoms with E-state index in [1.807, 2.05) is 39.1 Å². The molecule has 0 aromatic carbocycles. The highest BCUT2D eigenvalue weighted by atomic mass is 16.5. The first-order valence-electron chi connectivity index (χ1n) is 6.09. The minimum absolute atomic E-state index is 0.0997. The van der Waals surface area contributed by atoms with Crippen molar-refractivity contribution >= 4 is 0 Å². The van der Waals surface area contributed by atoms with Gasteiger partial charge in [0.1, 0.15) is 6.61 Å². The zero-order chi connectivity index (χ0) is 12.4. The van der Waals surface area contributed by atoms with Crippen LogP contribution in [0.4, 0.5) is 0 Å². The second-order valence-corrected chi connectivity index (χ2v) is 3.34. The van der Waals surface area contributed by atoms with Crippen LogP contribution in [0.25, 0.3) is 0 Å². The van der Waals surface area contributed by atoms with Gasteiger partial charge in [-0.2, -0.15) is 0 Å². The van der Waals surface area contributed by atoms with Crippen molar-refractivity contribution in [1.29, 1.82) is 0 Å². The largest absolute Gasteiger partial charge is 0.476 e. The lowest BCUT2D eigenvalue weighted by molar-refractivity contribution is 0.275. The van der Waals surface area contributed by atoms with E-state index in [0.29, 0.717) is 12.5 Å². The third-order valence-corrected chi connectivity index (χ3v) is 2.18. The summed E-state index contributed by atoms with van der Waals surface area (Å²) in [4.78, 5) is 4.18. The third-order valence-electron chi connectivity index (χ3n) is 2.18. The fourth-order valence-electron chi connectivity index (χ4n) is 1.02. The Morgan fingerprint density at radius 3 is 2.44 bits per heavy atom. The molecule has 1 atom stereocenters. The van der Waals surface area contributed by atoms with Crippen LogP contribution in [0.3, 0.4) is 0 Å². The molecule has 0 saturated heterocycles. The van der Waals surface area contributed by atoms with Gasteiger partial charge in [0.2, 0.25) is 5.88 Å². The molecule has 1 heterocycles. The van der Waals surface area contributed by atoms with Crippen LogP contribution in [0.15, 0.2) is 18.3 Å². The Balaban J connectivity index is 0.00000106. The van der Waals surface area contributed by atoms with Crippen LogP contribution in [-0.4, -0.2) is 17.6 Å². The van der Waals surface area contributed by atoms with E-state index in [9.17, 15) is 0 Å². The van der Waals surface area contributed by atoms with Gasteiger partial charge in [-0.3, -0.25) is 0 Å². The van der Waals surface area contributed by atoms with E-state index in [1.165, 1.54) is 5.56 Å². The first-order chi connectivity index (χ1) is 7.76. The summed E-state index contributed by atoms with van der Waals surface area (Å²) < 4.78 is 5.42. The van der Waals surface area contributed by atoms with Crippen molar-refractivity contribution in [3.63, 3.8) is 0 Å². The minimum Gasteiger partial charge on any atom is -0.476 e. The molecule has 2 N–H and O–H groups in total. The molecular formula is C13H24N2O. The third kappa shape index (κ3) is 5.71. The highest BCUT2D eigenvalue weighted by Crippen LogP contribution is 2.08. The first kappa shape index (κ1) is 14.9. The fraction of sp³-hybridized carbons (Fsp3) is 0.615. The Hall–Kier alpha value is -1.09. The molecule has 16 heavy (non-hydrogen) atoms. The SMILES string of the molecule is CC.CCc1ccc(OCC(N)CC)nc1. The Kier molecular flexibility index (Phi) is 8.53. The van der Waals surface area contributed by atoms with Crippen molar-refractivity contribution in [2.45, 2.75) is 46.6 Å². The zero-order valence-electron chi connectivity index (χ0n) is 10.9. The maximum Gasteiger partial charge on any atom is 0.213 e. The monoisotopic (exact) mass is 224 g/mol. The van der Waals surface area contributed by atoms with Crippen molar-refractivity contribution in [3.8, 4) is 5.88 Å². The highest BCUT2D eigenvalue weighted by molar-refractivity contribution is 5.17. The topological polar surface area (TPSA) is 48.1 Å². The van der Waals surface area contributed by atoms with Crippen molar-refractivity contribution in [1.82, 2.24) is 4.98 Å². The summed E-state index contributed by atoms with van der Waals surface area (Å²) in [6.45, 7) is 8.68. The average Bonchev–Trinajstić information content (AvgIpc) is 2.38. The summed E-state index contributed by atoms with van der Waals surface area (Å²) in [7, 11) is 0. The number of aromatic nitrogens is 1. The number of hydrogen-bond acceptors (Lipinski definition) is 3. The standard InChI is InChI=1S/C11H18N2O.C2H6/c1-3-9-5-6-11(13-7-9)14-8-10(12)4-2;1-2/h5-7,10H,3-4,8,12H2,1-2H3;1-2H3. The van der Waals surface area contributed by atoms with Crippen LogP contribution in [0.1, 0.15) is 39.7 Å². The van der Waals surface area contributed by atoms with E-state index in [2.05, 4.69) is 11.9 Å². The lowest BCUT2D eigenvalue weighted by atomic mass is 10.2. The number of ether oxygens (including phenoxy) is 1. The van der Waals surface area contributed by atoms with Crippen LogP contribution >= 0.6 is 0 Å². The number of aryl methyl sites for hydroxylation is 1. The number of pyridine rings is 1. The molecule has 1 unspecified atom stereocenters. The molecule has 3 nitrogen and oxygen atoms in total. The van der Waals surface area contributed by atoms with Crippen molar-refractivity contribution in [2.75, 3.05) is 6.61 Å². The van der Waals surface area contributed by atoms with Gasteiger partial charge in [-0.15, -0.1) is 0 Å². The summed E-state index contributed by atoms with van der Waals surface area (Å²) in [6.07, 6.45) is 3.77. The summed E-state index contributed by atoms with van der Waals surface area (Å²) in [6, 6.07) is 4.02. The number of nitrogens with zero attached hydrogens (tertiary/aromatic N) is 1. The molecule has 0 aliphatic heterocycles. The lowest BCUT2D eigenvalue weighted by Crippen LogP contribution is -2.26. The van der Waals surface area contributed by atoms with Crippen LogP contribution in [0.2, 0.25) is 0 Å². The smallest absolute Gasteiger partial charge is 0.213 e. The van der Waals surface area contributed by atoms with Gasteiger partial charge < -0.3 is 10.5 Å². The van der Waals surface area contributed by atoms with Crippen molar-refractivity contribution in [3.05, 3.63) is 23.9 Å². The van der Waals surface area contributed by atoms with E-state index >= 15 is 0 Å². The number of nitrogens with two attached hydrogens (primary N) is 1. The Morgan fingerprint density at radius 2 is 2.00 bits per heavy atom. The molecule has 92 valence electrons. The lowest BCUT2D eigenvalue weighted by Gasteiger charge is -2.10. The fourth-order valence-corrected chi connectivity index (χ4v) is 1.02. The minimum atomic E-state index is 0.0997. The molecule has 3 heteroatoms. The molecular weight excluding hydrogens is 200 g/mol. The maximum absolute atomic E-state index is 5.72.